The summed E-state index contributed by atoms with van der Waals surface area (Å²) in [4.78, 5) is 17.0. The highest BCUT2D eigenvalue weighted by atomic mass is 35.5. The van der Waals surface area contributed by atoms with Crippen molar-refractivity contribution in [1.82, 2.24) is 30.2 Å². The molecule has 0 spiro atoms. The molecule has 0 aliphatic rings. The van der Waals surface area contributed by atoms with E-state index < -0.39 is 5.97 Å². The lowest BCUT2D eigenvalue weighted by molar-refractivity contribution is 0.0453. The van der Waals surface area contributed by atoms with Gasteiger partial charge in [0.05, 0.1) is 16.9 Å². The first-order valence-corrected chi connectivity index (χ1v) is 9.49. The lowest BCUT2D eigenvalue weighted by Crippen LogP contribution is -2.12. The molecule has 0 atom stereocenters. The average molecular weight is 409 g/mol. The van der Waals surface area contributed by atoms with Crippen molar-refractivity contribution in [3.63, 3.8) is 0 Å². The zero-order valence-electron chi connectivity index (χ0n) is 15.6. The van der Waals surface area contributed by atoms with Crippen LogP contribution in [0.2, 0.25) is 5.02 Å². The number of rotatable bonds is 6. The number of esters is 1. The second-order valence-electron chi connectivity index (χ2n) is 6.32. The Labute approximate surface area is 171 Å². The van der Waals surface area contributed by atoms with Crippen LogP contribution in [0, 0.1) is 0 Å². The van der Waals surface area contributed by atoms with Crippen molar-refractivity contribution in [3.8, 4) is 5.69 Å². The van der Waals surface area contributed by atoms with E-state index >= 15 is 0 Å². The summed E-state index contributed by atoms with van der Waals surface area (Å²) in [6.45, 7) is 1.91. The Morgan fingerprint density at radius 3 is 2.69 bits per heavy atom. The SMILES string of the molecule is CCCc1c(C(=O)OCc2nnc3ccccc3n2)nnn1-c1cccc(Cl)c1. The second kappa shape index (κ2) is 8.32. The Morgan fingerprint density at radius 2 is 1.90 bits per heavy atom. The molecule has 2 aromatic carbocycles. The molecule has 8 nitrogen and oxygen atoms in total. The summed E-state index contributed by atoms with van der Waals surface area (Å²) < 4.78 is 6.99. The van der Waals surface area contributed by atoms with Crippen LogP contribution >= 0.6 is 11.6 Å². The lowest BCUT2D eigenvalue weighted by atomic mass is 10.2. The Balaban J connectivity index is 1.56. The second-order valence-corrected chi connectivity index (χ2v) is 6.76. The molecule has 0 aliphatic carbocycles. The van der Waals surface area contributed by atoms with Gasteiger partial charge in [-0.3, -0.25) is 0 Å². The van der Waals surface area contributed by atoms with Crippen LogP contribution in [-0.4, -0.2) is 36.1 Å². The molecule has 0 N–H and O–H groups in total. The molecule has 0 unspecified atom stereocenters. The highest BCUT2D eigenvalue weighted by Gasteiger charge is 2.22. The number of carbonyl (C=O) groups is 1. The number of halogens is 1. The number of fused-ring (bicyclic) bond motifs is 1. The van der Waals surface area contributed by atoms with Crippen molar-refractivity contribution in [3.05, 3.63) is 70.8 Å². The van der Waals surface area contributed by atoms with E-state index in [1.807, 2.05) is 43.3 Å². The third-order valence-electron chi connectivity index (χ3n) is 4.23. The van der Waals surface area contributed by atoms with Crippen LogP contribution < -0.4 is 0 Å². The van der Waals surface area contributed by atoms with Crippen LogP contribution in [0.15, 0.2) is 48.5 Å². The average Bonchev–Trinajstić information content (AvgIpc) is 3.16. The summed E-state index contributed by atoms with van der Waals surface area (Å²) in [5.74, 6) is -0.269. The zero-order valence-corrected chi connectivity index (χ0v) is 16.4. The number of para-hydroxylation sites is 1. The molecule has 146 valence electrons. The molecule has 2 aromatic heterocycles. The molecular weight excluding hydrogens is 392 g/mol. The van der Waals surface area contributed by atoms with Gasteiger partial charge in [0.1, 0.15) is 5.52 Å². The van der Waals surface area contributed by atoms with Crippen LogP contribution in [-0.2, 0) is 17.8 Å². The fraction of sp³-hybridized carbons (Fsp3) is 0.200. The monoisotopic (exact) mass is 408 g/mol. The van der Waals surface area contributed by atoms with Crippen molar-refractivity contribution in [2.24, 2.45) is 0 Å². The topological polar surface area (TPSA) is 95.7 Å². The van der Waals surface area contributed by atoms with E-state index in [1.54, 1.807) is 16.8 Å². The number of benzene rings is 2. The first kappa shape index (κ1) is 18.9. The molecule has 0 bridgehead atoms. The maximum atomic E-state index is 12.6. The van der Waals surface area contributed by atoms with E-state index in [1.165, 1.54) is 0 Å². The number of nitrogens with zero attached hydrogens (tertiary/aromatic N) is 6. The summed E-state index contributed by atoms with van der Waals surface area (Å²) in [6, 6.07) is 14.6. The maximum absolute atomic E-state index is 12.6. The fourth-order valence-corrected chi connectivity index (χ4v) is 3.10. The van der Waals surface area contributed by atoms with Gasteiger partial charge in [0.2, 0.25) is 0 Å². The van der Waals surface area contributed by atoms with Crippen LogP contribution in [0.25, 0.3) is 16.7 Å². The minimum absolute atomic E-state index is 0.105. The van der Waals surface area contributed by atoms with Crippen molar-refractivity contribution in [1.29, 1.82) is 0 Å². The van der Waals surface area contributed by atoms with Crippen molar-refractivity contribution in [2.45, 2.75) is 26.4 Å². The molecule has 0 fully saturated rings. The number of hydrogen-bond donors (Lipinski definition) is 0. The number of hydrogen-bond acceptors (Lipinski definition) is 7. The third kappa shape index (κ3) is 4.07. The minimum atomic E-state index is -0.585. The Bertz CT molecular complexity index is 1180. The molecule has 9 heteroatoms. The van der Waals surface area contributed by atoms with Gasteiger partial charge in [-0.05, 0) is 36.8 Å². The molecule has 29 heavy (non-hydrogen) atoms. The van der Waals surface area contributed by atoms with Crippen LogP contribution in [0.3, 0.4) is 0 Å². The Hall–Kier alpha value is -3.39. The van der Waals surface area contributed by atoms with Gasteiger partial charge in [-0.2, -0.15) is 0 Å². The first-order valence-electron chi connectivity index (χ1n) is 9.11. The van der Waals surface area contributed by atoms with Gasteiger partial charge in [-0.1, -0.05) is 48.4 Å². The quantitative estimate of drug-likeness (QED) is 0.450. The molecule has 0 saturated carbocycles. The van der Waals surface area contributed by atoms with Gasteiger partial charge >= 0.3 is 5.97 Å². The summed E-state index contributed by atoms with van der Waals surface area (Å²) in [6.07, 6.45) is 1.42. The van der Waals surface area contributed by atoms with E-state index in [2.05, 4.69) is 25.5 Å². The molecule has 4 aromatic rings. The summed E-state index contributed by atoms with van der Waals surface area (Å²) >= 11 is 6.08. The standard InChI is InChI=1S/C20H17ClN6O2/c1-2-6-17-19(25-26-27(17)14-8-5-7-13(21)11-14)20(28)29-12-18-22-15-9-3-4-10-16(15)23-24-18/h3-5,7-11H,2,6,12H2,1H3. The lowest BCUT2D eigenvalue weighted by Gasteiger charge is -2.07. The Kier molecular flexibility index (Phi) is 5.44. The summed E-state index contributed by atoms with van der Waals surface area (Å²) in [5, 5.41) is 16.8. The minimum Gasteiger partial charge on any atom is -0.453 e. The zero-order chi connectivity index (χ0) is 20.2. The van der Waals surface area contributed by atoms with Gasteiger partial charge in [-0.25, -0.2) is 14.5 Å². The number of ether oxygens (including phenoxy) is 1. The molecular formula is C20H17ClN6O2. The van der Waals surface area contributed by atoms with Gasteiger partial charge in [0.15, 0.2) is 18.1 Å². The van der Waals surface area contributed by atoms with Gasteiger partial charge in [0, 0.05) is 5.02 Å². The maximum Gasteiger partial charge on any atom is 0.361 e. The van der Waals surface area contributed by atoms with E-state index in [9.17, 15) is 4.79 Å². The number of carbonyl (C=O) groups excluding carboxylic acids is 1. The van der Waals surface area contributed by atoms with Crippen molar-refractivity contribution >= 4 is 28.6 Å². The fourth-order valence-electron chi connectivity index (χ4n) is 2.91. The van der Waals surface area contributed by atoms with Crippen molar-refractivity contribution < 1.29 is 9.53 Å². The predicted octanol–water partition coefficient (Wildman–Crippen LogP) is 3.57. The summed E-state index contributed by atoms with van der Waals surface area (Å²) in [7, 11) is 0. The van der Waals surface area contributed by atoms with Crippen LogP contribution in [0.5, 0.6) is 0 Å². The molecule has 0 aliphatic heterocycles. The Morgan fingerprint density at radius 1 is 1.07 bits per heavy atom. The van der Waals surface area contributed by atoms with Gasteiger partial charge < -0.3 is 4.74 Å². The highest BCUT2D eigenvalue weighted by Crippen LogP contribution is 2.19. The highest BCUT2D eigenvalue weighted by molar-refractivity contribution is 6.30. The number of aromatic nitrogens is 6. The molecule has 4 rings (SSSR count). The first-order chi connectivity index (χ1) is 14.2. The molecule has 2 heterocycles. The summed E-state index contributed by atoms with van der Waals surface area (Å²) in [5.41, 5.74) is 2.93. The molecule has 0 saturated heterocycles. The van der Waals surface area contributed by atoms with E-state index in [0.717, 1.165) is 12.1 Å². The van der Waals surface area contributed by atoms with Gasteiger partial charge in [-0.15, -0.1) is 15.3 Å². The predicted molar refractivity (Wildman–Crippen MR) is 107 cm³/mol. The van der Waals surface area contributed by atoms with Crippen molar-refractivity contribution in [2.75, 3.05) is 0 Å². The molecule has 0 radical (unpaired) electrons. The third-order valence-corrected chi connectivity index (χ3v) is 4.47. The van der Waals surface area contributed by atoms with Crippen LogP contribution in [0.1, 0.15) is 35.4 Å². The van der Waals surface area contributed by atoms with Crippen LogP contribution in [0.4, 0.5) is 0 Å². The normalized spacial score (nSPS) is 11.0. The smallest absolute Gasteiger partial charge is 0.361 e. The van der Waals surface area contributed by atoms with E-state index in [0.29, 0.717) is 34.0 Å². The molecule has 0 amide bonds. The van der Waals surface area contributed by atoms with E-state index in [4.69, 9.17) is 16.3 Å². The van der Waals surface area contributed by atoms with Gasteiger partial charge in [0.25, 0.3) is 0 Å². The largest absolute Gasteiger partial charge is 0.453 e. The van der Waals surface area contributed by atoms with E-state index in [-0.39, 0.29) is 12.3 Å².